The van der Waals surface area contributed by atoms with Crippen molar-refractivity contribution in [2.75, 3.05) is 19.4 Å². The molecule has 0 radical (unpaired) electrons. The summed E-state index contributed by atoms with van der Waals surface area (Å²) in [6.45, 7) is 0.580. The van der Waals surface area contributed by atoms with E-state index in [1.165, 1.54) is 24.2 Å². The highest BCUT2D eigenvalue weighted by Gasteiger charge is 2.41. The van der Waals surface area contributed by atoms with Crippen molar-refractivity contribution in [1.29, 1.82) is 0 Å². The summed E-state index contributed by atoms with van der Waals surface area (Å²) >= 11 is 3.25. The molecule has 0 bridgehead atoms. The number of rotatable bonds is 4. The van der Waals surface area contributed by atoms with Gasteiger partial charge in [-0.3, -0.25) is 4.79 Å². The number of nitrogens with one attached hydrogen (secondary N) is 1. The zero-order valence-electron chi connectivity index (χ0n) is 10.2. The van der Waals surface area contributed by atoms with Gasteiger partial charge in [-0.05, 0) is 25.2 Å². The van der Waals surface area contributed by atoms with Gasteiger partial charge in [-0.15, -0.1) is 11.3 Å². The Morgan fingerprint density at radius 2 is 2.44 bits per heavy atom. The third-order valence-electron chi connectivity index (χ3n) is 2.96. The molecule has 0 aliphatic heterocycles. The Kier molecular flexibility index (Phi) is 4.33. The minimum Gasteiger partial charge on any atom is -0.384 e. The van der Waals surface area contributed by atoms with Crippen LogP contribution in [0.4, 0.5) is 0 Å². The molecule has 1 heterocycles. The van der Waals surface area contributed by atoms with Crippen molar-refractivity contribution in [1.82, 2.24) is 5.32 Å². The van der Waals surface area contributed by atoms with Crippen LogP contribution >= 0.6 is 23.1 Å². The third kappa shape index (κ3) is 3.29. The molecule has 1 aromatic heterocycles. The minimum absolute atomic E-state index is 0.0383. The summed E-state index contributed by atoms with van der Waals surface area (Å²) in [4.78, 5) is 12.7. The number of carbonyl (C=O) groups is 1. The first-order valence-corrected chi connectivity index (χ1v) is 7.81. The zero-order valence-corrected chi connectivity index (χ0v) is 11.8. The van der Waals surface area contributed by atoms with Crippen LogP contribution in [0.1, 0.15) is 28.1 Å². The van der Waals surface area contributed by atoms with Gasteiger partial charge in [0.15, 0.2) is 0 Å². The van der Waals surface area contributed by atoms with E-state index in [2.05, 4.69) is 23.4 Å². The first-order chi connectivity index (χ1) is 8.69. The van der Waals surface area contributed by atoms with Gasteiger partial charge in [0, 0.05) is 16.7 Å². The summed E-state index contributed by atoms with van der Waals surface area (Å²) in [5.74, 6) is 5.33. The summed E-state index contributed by atoms with van der Waals surface area (Å²) in [5, 5.41) is 13.4. The van der Waals surface area contributed by atoms with E-state index < -0.39 is 0 Å². The topological polar surface area (TPSA) is 49.3 Å². The largest absolute Gasteiger partial charge is 0.384 e. The molecule has 3 nitrogen and oxygen atoms in total. The standard InChI is InChI=1S/C13H15NO2S2/c1-17-13(4-5-13)9-14-12(16)10-7-11(18-8-10)3-2-6-15/h7-8,15H,4-6,9H2,1H3,(H,14,16). The lowest BCUT2D eigenvalue weighted by molar-refractivity contribution is 0.0953. The number of aliphatic hydroxyl groups excluding tert-OH is 1. The van der Waals surface area contributed by atoms with E-state index in [9.17, 15) is 4.79 Å². The Morgan fingerprint density at radius 3 is 3.06 bits per heavy atom. The molecule has 1 aliphatic carbocycles. The van der Waals surface area contributed by atoms with Gasteiger partial charge in [0.2, 0.25) is 0 Å². The number of amides is 1. The molecular weight excluding hydrogens is 266 g/mol. The Bertz CT molecular complexity index is 495. The smallest absolute Gasteiger partial charge is 0.252 e. The maximum absolute atomic E-state index is 11.9. The second kappa shape index (κ2) is 5.79. The van der Waals surface area contributed by atoms with Crippen LogP contribution in [0.25, 0.3) is 0 Å². The molecule has 2 N–H and O–H groups in total. The van der Waals surface area contributed by atoms with E-state index in [1.54, 1.807) is 11.4 Å². The molecule has 1 aliphatic rings. The van der Waals surface area contributed by atoms with Crippen LogP contribution in [0.2, 0.25) is 0 Å². The van der Waals surface area contributed by atoms with Crippen molar-refractivity contribution in [3.8, 4) is 11.8 Å². The first kappa shape index (κ1) is 13.5. The lowest BCUT2D eigenvalue weighted by Gasteiger charge is -2.12. The highest BCUT2D eigenvalue weighted by Crippen LogP contribution is 2.46. The molecule has 5 heteroatoms. The molecule has 0 spiro atoms. The maximum Gasteiger partial charge on any atom is 0.252 e. The van der Waals surface area contributed by atoms with Gasteiger partial charge in [-0.2, -0.15) is 11.8 Å². The molecule has 0 unspecified atom stereocenters. The molecule has 96 valence electrons. The average Bonchev–Trinajstić information content (AvgIpc) is 3.03. The Balaban J connectivity index is 1.90. The van der Waals surface area contributed by atoms with E-state index in [-0.39, 0.29) is 17.3 Å². The van der Waals surface area contributed by atoms with E-state index >= 15 is 0 Å². The summed E-state index contributed by atoms with van der Waals surface area (Å²) in [7, 11) is 0. The third-order valence-corrected chi connectivity index (χ3v) is 5.23. The van der Waals surface area contributed by atoms with Gasteiger partial charge >= 0.3 is 0 Å². The first-order valence-electron chi connectivity index (χ1n) is 5.71. The highest BCUT2D eigenvalue weighted by molar-refractivity contribution is 8.00. The SMILES string of the molecule is CSC1(CNC(=O)c2csc(C#CCO)c2)CC1. The molecule has 0 saturated heterocycles. The van der Waals surface area contributed by atoms with Crippen LogP contribution in [-0.4, -0.2) is 35.2 Å². The number of thiophene rings is 1. The highest BCUT2D eigenvalue weighted by atomic mass is 32.2. The fourth-order valence-electron chi connectivity index (χ4n) is 1.58. The number of thioether (sulfide) groups is 1. The quantitative estimate of drug-likeness (QED) is 0.826. The van der Waals surface area contributed by atoms with Gasteiger partial charge in [0.1, 0.15) is 6.61 Å². The van der Waals surface area contributed by atoms with Crippen LogP contribution in [0.15, 0.2) is 11.4 Å². The average molecular weight is 281 g/mol. The molecule has 1 saturated carbocycles. The van der Waals surface area contributed by atoms with Crippen LogP contribution in [0.5, 0.6) is 0 Å². The Labute approximate surface area is 115 Å². The molecule has 2 rings (SSSR count). The van der Waals surface area contributed by atoms with Gasteiger partial charge in [0.25, 0.3) is 5.91 Å². The maximum atomic E-state index is 11.9. The minimum atomic E-state index is -0.157. The van der Waals surface area contributed by atoms with E-state index in [4.69, 9.17) is 5.11 Å². The molecule has 1 fully saturated rings. The van der Waals surface area contributed by atoms with E-state index in [0.717, 1.165) is 11.4 Å². The fraction of sp³-hybridized carbons (Fsp3) is 0.462. The van der Waals surface area contributed by atoms with Crippen LogP contribution in [0.3, 0.4) is 0 Å². The van der Waals surface area contributed by atoms with Crippen molar-refractivity contribution in [2.45, 2.75) is 17.6 Å². The van der Waals surface area contributed by atoms with Gasteiger partial charge in [-0.25, -0.2) is 0 Å². The van der Waals surface area contributed by atoms with Crippen molar-refractivity contribution >= 4 is 29.0 Å². The lowest BCUT2D eigenvalue weighted by atomic mass is 10.3. The number of aliphatic hydroxyl groups is 1. The lowest BCUT2D eigenvalue weighted by Crippen LogP contribution is -2.31. The summed E-state index contributed by atoms with van der Waals surface area (Å²) in [6.07, 6.45) is 4.46. The normalized spacial score (nSPS) is 15.7. The van der Waals surface area contributed by atoms with Crippen molar-refractivity contribution in [2.24, 2.45) is 0 Å². The molecular formula is C13H15NO2S2. The predicted molar refractivity (Wildman–Crippen MR) is 76.1 cm³/mol. The molecule has 1 amide bonds. The van der Waals surface area contributed by atoms with Crippen LogP contribution in [0, 0.1) is 11.8 Å². The second-order valence-electron chi connectivity index (χ2n) is 4.23. The van der Waals surface area contributed by atoms with Gasteiger partial charge < -0.3 is 10.4 Å². The fourth-order valence-corrected chi connectivity index (χ4v) is 3.07. The van der Waals surface area contributed by atoms with Crippen LogP contribution in [-0.2, 0) is 0 Å². The second-order valence-corrected chi connectivity index (χ2v) is 6.41. The Hall–Kier alpha value is -0.960. The van der Waals surface area contributed by atoms with Crippen molar-refractivity contribution in [3.05, 3.63) is 21.9 Å². The van der Waals surface area contributed by atoms with Gasteiger partial charge in [-0.1, -0.05) is 11.8 Å². The molecule has 0 atom stereocenters. The monoisotopic (exact) mass is 281 g/mol. The van der Waals surface area contributed by atoms with Crippen molar-refractivity contribution in [3.63, 3.8) is 0 Å². The molecule has 18 heavy (non-hydrogen) atoms. The molecule has 1 aromatic rings. The Morgan fingerprint density at radius 1 is 1.67 bits per heavy atom. The number of carbonyl (C=O) groups excluding carboxylic acids is 1. The molecule has 0 aromatic carbocycles. The predicted octanol–water partition coefficient (Wildman–Crippen LogP) is 1.72. The van der Waals surface area contributed by atoms with Gasteiger partial charge in [0.05, 0.1) is 10.4 Å². The van der Waals surface area contributed by atoms with E-state index in [1.807, 2.05) is 11.8 Å². The number of hydrogen-bond donors (Lipinski definition) is 2. The van der Waals surface area contributed by atoms with Crippen molar-refractivity contribution < 1.29 is 9.90 Å². The summed E-state index contributed by atoms with van der Waals surface area (Å²) in [5.41, 5.74) is 0.652. The zero-order chi connectivity index (χ0) is 13.0. The van der Waals surface area contributed by atoms with Crippen LogP contribution < -0.4 is 5.32 Å². The number of hydrogen-bond acceptors (Lipinski definition) is 4. The van der Waals surface area contributed by atoms with E-state index in [0.29, 0.717) is 5.56 Å². The summed E-state index contributed by atoms with van der Waals surface area (Å²) < 4.78 is 0.283. The summed E-state index contributed by atoms with van der Waals surface area (Å²) in [6, 6.07) is 1.77.